The molecule has 5 aromatic carbocycles. The molecule has 0 radical (unpaired) electrons. The van der Waals surface area contributed by atoms with Crippen LogP contribution >= 0.6 is 0 Å². The van der Waals surface area contributed by atoms with Gasteiger partial charge in [-0.15, -0.1) is 5.10 Å². The minimum absolute atomic E-state index is 0.304. The molecule has 0 fully saturated rings. The highest BCUT2D eigenvalue weighted by Crippen LogP contribution is 2.24. The second-order valence-electron chi connectivity index (χ2n) is 19.7. The number of hydrogen-bond donors (Lipinski definition) is 0. The molecular weight excluding hydrogens is 939 g/mol. The highest BCUT2D eigenvalue weighted by molar-refractivity contribution is 5.93. The predicted octanol–water partition coefficient (Wildman–Crippen LogP) is 16.8. The van der Waals surface area contributed by atoms with Gasteiger partial charge in [-0.25, -0.2) is 19.1 Å². The standard InChI is InChI=1S/C64H81N3O8/c1-3-5-7-9-11-13-15-17-19-21-23-25-47-71-56-39-31-53(32-40-56)62(68)73-58-37-27-51(28-38-58)49-67-50-61(65-66-67)52-29-43-59(44-30-52)74-64(70)55-35-45-60(46-36-55)75-63(69)54-33-41-57(42-34-54)72-48-26-24-22-20-18-16-14-12-10-8-6-4-2/h27-46,50H,3-26,47-49H2,1-2H3. The molecule has 400 valence electrons. The molecule has 0 unspecified atom stereocenters. The van der Waals surface area contributed by atoms with Gasteiger partial charge in [-0.2, -0.15) is 0 Å². The van der Waals surface area contributed by atoms with Gasteiger partial charge in [-0.05, 0) is 128 Å². The van der Waals surface area contributed by atoms with E-state index in [0.717, 1.165) is 41.9 Å². The number of aromatic nitrogens is 3. The van der Waals surface area contributed by atoms with E-state index in [1.54, 1.807) is 89.6 Å². The van der Waals surface area contributed by atoms with Crippen LogP contribution < -0.4 is 23.7 Å². The first-order valence-electron chi connectivity index (χ1n) is 28.2. The number of hydrogen-bond acceptors (Lipinski definition) is 10. The average molecular weight is 1020 g/mol. The van der Waals surface area contributed by atoms with E-state index in [4.69, 9.17) is 23.7 Å². The number of nitrogens with zero attached hydrogens (tertiary/aromatic N) is 3. The summed E-state index contributed by atoms with van der Waals surface area (Å²) in [5.41, 5.74) is 3.55. The molecule has 1 heterocycles. The van der Waals surface area contributed by atoms with E-state index in [0.29, 0.717) is 59.4 Å². The number of rotatable bonds is 37. The summed E-state index contributed by atoms with van der Waals surface area (Å²) < 4.78 is 30.4. The summed E-state index contributed by atoms with van der Waals surface area (Å²) in [6, 6.07) is 34.6. The van der Waals surface area contributed by atoms with E-state index < -0.39 is 17.9 Å². The van der Waals surface area contributed by atoms with Gasteiger partial charge in [0.1, 0.15) is 34.4 Å². The smallest absolute Gasteiger partial charge is 0.343 e. The monoisotopic (exact) mass is 1020 g/mol. The Hall–Kier alpha value is -6.75. The van der Waals surface area contributed by atoms with Crippen LogP contribution in [0.5, 0.6) is 28.7 Å². The molecule has 0 bridgehead atoms. The van der Waals surface area contributed by atoms with Crippen LogP contribution in [0, 0.1) is 0 Å². The van der Waals surface area contributed by atoms with Crippen molar-refractivity contribution in [3.63, 3.8) is 0 Å². The maximum absolute atomic E-state index is 13.0. The second-order valence-corrected chi connectivity index (χ2v) is 19.7. The van der Waals surface area contributed by atoms with Crippen molar-refractivity contribution in [1.29, 1.82) is 0 Å². The molecule has 11 nitrogen and oxygen atoms in total. The lowest BCUT2D eigenvalue weighted by Crippen LogP contribution is -2.10. The van der Waals surface area contributed by atoms with Gasteiger partial charge in [0.2, 0.25) is 0 Å². The van der Waals surface area contributed by atoms with Crippen LogP contribution in [0.2, 0.25) is 0 Å². The summed E-state index contributed by atoms with van der Waals surface area (Å²) >= 11 is 0. The van der Waals surface area contributed by atoms with Crippen LogP contribution in [0.3, 0.4) is 0 Å². The third-order valence-corrected chi connectivity index (χ3v) is 13.4. The van der Waals surface area contributed by atoms with Crippen molar-refractivity contribution in [2.45, 2.75) is 174 Å². The highest BCUT2D eigenvalue weighted by atomic mass is 16.5. The lowest BCUT2D eigenvalue weighted by molar-refractivity contribution is 0.0723. The molecule has 0 spiro atoms. The SMILES string of the molecule is CCCCCCCCCCCCCCOc1ccc(C(=O)Oc2ccc(Cn3cc(-c4ccc(OC(=O)c5ccc(OC(=O)c6ccc(OCCCCCCCCCCCCCC)cc6)cc5)cc4)nn3)cc2)cc1. The molecule has 6 aromatic rings. The summed E-state index contributed by atoms with van der Waals surface area (Å²) in [4.78, 5) is 38.7. The first-order chi connectivity index (χ1) is 36.9. The first kappa shape index (κ1) is 57.5. The Kier molecular flexibility index (Phi) is 26.0. The Bertz CT molecular complexity index is 2520. The normalized spacial score (nSPS) is 11.1. The van der Waals surface area contributed by atoms with Gasteiger partial charge in [0, 0.05) is 5.56 Å². The number of benzene rings is 5. The molecular formula is C64H81N3O8. The molecule has 0 atom stereocenters. The van der Waals surface area contributed by atoms with Crippen molar-refractivity contribution < 1.29 is 38.1 Å². The van der Waals surface area contributed by atoms with Crippen LogP contribution in [-0.2, 0) is 6.54 Å². The van der Waals surface area contributed by atoms with E-state index in [9.17, 15) is 14.4 Å². The molecule has 0 N–H and O–H groups in total. The Morgan fingerprint density at radius 2 is 0.680 bits per heavy atom. The average Bonchev–Trinajstić information content (AvgIpc) is 3.91. The molecule has 0 saturated carbocycles. The Balaban J connectivity index is 0.831. The van der Waals surface area contributed by atoms with Crippen molar-refractivity contribution >= 4 is 17.9 Å². The molecule has 1 aromatic heterocycles. The van der Waals surface area contributed by atoms with Gasteiger partial charge < -0.3 is 23.7 Å². The zero-order valence-electron chi connectivity index (χ0n) is 44.8. The minimum Gasteiger partial charge on any atom is -0.494 e. The van der Waals surface area contributed by atoms with Crippen molar-refractivity contribution in [2.24, 2.45) is 0 Å². The summed E-state index contributed by atoms with van der Waals surface area (Å²) in [6.45, 7) is 6.31. The van der Waals surface area contributed by atoms with Gasteiger partial charge in [0.15, 0.2) is 0 Å². The fraction of sp³-hybridized carbons (Fsp3) is 0.453. The van der Waals surface area contributed by atoms with Crippen molar-refractivity contribution in [3.8, 4) is 40.0 Å². The van der Waals surface area contributed by atoms with Crippen LogP contribution in [0.15, 0.2) is 128 Å². The van der Waals surface area contributed by atoms with E-state index >= 15 is 0 Å². The van der Waals surface area contributed by atoms with E-state index in [-0.39, 0.29) is 0 Å². The molecule has 6 rings (SSSR count). The summed E-state index contributed by atoms with van der Waals surface area (Å²) in [6.07, 6.45) is 33.1. The van der Waals surface area contributed by atoms with Gasteiger partial charge in [-0.1, -0.05) is 172 Å². The number of esters is 3. The predicted molar refractivity (Wildman–Crippen MR) is 298 cm³/mol. The lowest BCUT2D eigenvalue weighted by atomic mass is 10.1. The number of carbonyl (C=O) groups is 3. The maximum atomic E-state index is 13.0. The van der Waals surface area contributed by atoms with Crippen LogP contribution in [0.25, 0.3) is 11.3 Å². The second kappa shape index (κ2) is 33.9. The van der Waals surface area contributed by atoms with Gasteiger partial charge >= 0.3 is 17.9 Å². The first-order valence-corrected chi connectivity index (χ1v) is 28.2. The molecule has 0 aliphatic heterocycles. The lowest BCUT2D eigenvalue weighted by Gasteiger charge is -2.08. The van der Waals surface area contributed by atoms with Crippen molar-refractivity contribution in [1.82, 2.24) is 15.0 Å². The highest BCUT2D eigenvalue weighted by Gasteiger charge is 2.14. The Morgan fingerprint density at radius 1 is 0.373 bits per heavy atom. The molecule has 0 aliphatic carbocycles. The maximum Gasteiger partial charge on any atom is 0.343 e. The van der Waals surface area contributed by atoms with E-state index in [1.807, 2.05) is 42.6 Å². The zero-order valence-corrected chi connectivity index (χ0v) is 44.8. The fourth-order valence-electron chi connectivity index (χ4n) is 8.85. The quantitative estimate of drug-likeness (QED) is 0.0211. The molecule has 0 aliphatic rings. The summed E-state index contributed by atoms with van der Waals surface area (Å²) in [7, 11) is 0. The molecule has 0 saturated heterocycles. The van der Waals surface area contributed by atoms with Gasteiger partial charge in [0.05, 0.1) is 42.6 Å². The number of unbranched alkanes of at least 4 members (excludes halogenated alkanes) is 22. The minimum atomic E-state index is -0.550. The van der Waals surface area contributed by atoms with E-state index in [1.165, 1.54) is 135 Å². The largest absolute Gasteiger partial charge is 0.494 e. The molecule has 0 amide bonds. The van der Waals surface area contributed by atoms with Crippen LogP contribution in [0.4, 0.5) is 0 Å². The topological polar surface area (TPSA) is 128 Å². The van der Waals surface area contributed by atoms with Gasteiger partial charge in [0.25, 0.3) is 0 Å². The van der Waals surface area contributed by atoms with Crippen LogP contribution in [0.1, 0.15) is 205 Å². The molecule has 75 heavy (non-hydrogen) atoms. The van der Waals surface area contributed by atoms with E-state index in [2.05, 4.69) is 24.2 Å². The number of carbonyl (C=O) groups excluding carboxylic acids is 3. The molecule has 11 heteroatoms. The van der Waals surface area contributed by atoms with Crippen molar-refractivity contribution in [2.75, 3.05) is 13.2 Å². The Morgan fingerprint density at radius 3 is 1.04 bits per heavy atom. The third kappa shape index (κ3) is 21.9. The summed E-state index contributed by atoms with van der Waals surface area (Å²) in [5.74, 6) is 1.09. The van der Waals surface area contributed by atoms with Crippen molar-refractivity contribution in [3.05, 3.63) is 150 Å². The van der Waals surface area contributed by atoms with Gasteiger partial charge in [-0.3, -0.25) is 0 Å². The zero-order chi connectivity index (χ0) is 52.6. The fourth-order valence-corrected chi connectivity index (χ4v) is 8.85. The third-order valence-electron chi connectivity index (χ3n) is 13.4. The Labute approximate surface area is 446 Å². The van der Waals surface area contributed by atoms with Crippen LogP contribution in [-0.4, -0.2) is 46.1 Å². The number of ether oxygens (including phenoxy) is 5. The summed E-state index contributed by atoms with van der Waals surface area (Å²) in [5, 5.41) is 8.63.